The van der Waals surface area contributed by atoms with E-state index in [-0.39, 0.29) is 18.4 Å². The molecule has 9 heavy (non-hydrogen) atoms. The van der Waals surface area contributed by atoms with E-state index in [0.29, 0.717) is 6.42 Å². The number of hydrogen-bond acceptors (Lipinski definition) is 2. The second-order valence-corrected chi connectivity index (χ2v) is 1.95. The van der Waals surface area contributed by atoms with Crippen LogP contribution < -0.4 is 11.5 Å². The molecular weight excluding hydrogens is 116 g/mol. The van der Waals surface area contributed by atoms with E-state index in [2.05, 4.69) is 6.58 Å². The fourth-order valence-electron chi connectivity index (χ4n) is 0.556. The fraction of sp³-hybridized carbons (Fsp3) is 0.500. The van der Waals surface area contributed by atoms with Crippen molar-refractivity contribution < 1.29 is 4.79 Å². The third-order valence-corrected chi connectivity index (χ3v) is 0.933. The van der Waals surface area contributed by atoms with Crippen LogP contribution >= 0.6 is 0 Å². The fourth-order valence-corrected chi connectivity index (χ4v) is 0.556. The summed E-state index contributed by atoms with van der Waals surface area (Å²) in [5, 5.41) is 0. The summed E-state index contributed by atoms with van der Waals surface area (Å²) < 4.78 is 0. The van der Waals surface area contributed by atoms with Crippen LogP contribution in [0.3, 0.4) is 0 Å². The van der Waals surface area contributed by atoms with Gasteiger partial charge in [-0.05, 0) is 6.42 Å². The molecule has 3 nitrogen and oxygen atoms in total. The number of rotatable bonds is 4. The van der Waals surface area contributed by atoms with E-state index in [0.717, 1.165) is 0 Å². The summed E-state index contributed by atoms with van der Waals surface area (Å²) in [6.07, 6.45) is 2.56. The normalized spacial score (nSPS) is 12.6. The van der Waals surface area contributed by atoms with Crippen LogP contribution in [0.15, 0.2) is 12.7 Å². The van der Waals surface area contributed by atoms with Crippen LogP contribution in [0.5, 0.6) is 0 Å². The molecule has 0 rings (SSSR count). The van der Waals surface area contributed by atoms with Crippen molar-refractivity contribution in [3.8, 4) is 0 Å². The zero-order valence-electron chi connectivity index (χ0n) is 5.34. The smallest absolute Gasteiger partial charge is 0.218 e. The van der Waals surface area contributed by atoms with Gasteiger partial charge in [-0.25, -0.2) is 0 Å². The highest BCUT2D eigenvalue weighted by molar-refractivity contribution is 5.74. The van der Waals surface area contributed by atoms with E-state index >= 15 is 0 Å². The molecule has 0 bridgehead atoms. The number of primary amides is 1. The second kappa shape index (κ2) is 4.09. The first-order chi connectivity index (χ1) is 4.16. The number of carbonyl (C=O) groups excluding carboxylic acids is 1. The Labute approximate surface area is 54.7 Å². The highest BCUT2D eigenvalue weighted by Crippen LogP contribution is 1.92. The van der Waals surface area contributed by atoms with E-state index in [1.807, 2.05) is 0 Å². The Kier molecular flexibility index (Phi) is 3.71. The third-order valence-electron chi connectivity index (χ3n) is 0.933. The van der Waals surface area contributed by atoms with E-state index < -0.39 is 0 Å². The largest absolute Gasteiger partial charge is 0.370 e. The number of amides is 1. The van der Waals surface area contributed by atoms with Crippen molar-refractivity contribution in [3.63, 3.8) is 0 Å². The highest BCUT2D eigenvalue weighted by Gasteiger charge is 2.02. The molecule has 0 aromatic rings. The molecule has 1 unspecified atom stereocenters. The maximum atomic E-state index is 10.2. The van der Waals surface area contributed by atoms with Gasteiger partial charge in [0.05, 0.1) is 0 Å². The van der Waals surface area contributed by atoms with Crippen LogP contribution in [0, 0.1) is 0 Å². The van der Waals surface area contributed by atoms with Crippen molar-refractivity contribution in [1.82, 2.24) is 0 Å². The van der Waals surface area contributed by atoms with Crippen LogP contribution in [-0.4, -0.2) is 11.9 Å². The van der Waals surface area contributed by atoms with Gasteiger partial charge in [-0.1, -0.05) is 6.08 Å². The van der Waals surface area contributed by atoms with Crippen LogP contribution in [0.1, 0.15) is 12.8 Å². The molecule has 0 heterocycles. The summed E-state index contributed by atoms with van der Waals surface area (Å²) in [7, 11) is 0. The molecule has 0 aliphatic rings. The summed E-state index contributed by atoms with van der Waals surface area (Å²) in [5.74, 6) is -0.357. The molecule has 0 spiro atoms. The minimum absolute atomic E-state index is 0.153. The van der Waals surface area contributed by atoms with E-state index in [9.17, 15) is 4.79 Å². The standard InChI is InChI=1S/C6H12N2O/c1-2-3-5(7)4-6(8)9/h2,5H,1,3-4,7H2,(H2,8,9). The van der Waals surface area contributed by atoms with Gasteiger partial charge in [0.1, 0.15) is 0 Å². The van der Waals surface area contributed by atoms with Crippen molar-refractivity contribution >= 4 is 5.91 Å². The Morgan fingerprint density at radius 3 is 2.67 bits per heavy atom. The highest BCUT2D eigenvalue weighted by atomic mass is 16.1. The lowest BCUT2D eigenvalue weighted by atomic mass is 10.1. The predicted molar refractivity (Wildman–Crippen MR) is 36.6 cm³/mol. The summed E-state index contributed by atoms with van der Waals surface area (Å²) in [4.78, 5) is 10.2. The average Bonchev–Trinajstić information content (AvgIpc) is 1.63. The first kappa shape index (κ1) is 8.17. The molecule has 0 aliphatic carbocycles. The van der Waals surface area contributed by atoms with E-state index in [4.69, 9.17) is 11.5 Å². The van der Waals surface area contributed by atoms with Gasteiger partial charge < -0.3 is 11.5 Å². The molecule has 0 radical (unpaired) electrons. The quantitative estimate of drug-likeness (QED) is 0.513. The van der Waals surface area contributed by atoms with Gasteiger partial charge in [0.15, 0.2) is 0 Å². The number of hydrogen-bond donors (Lipinski definition) is 2. The monoisotopic (exact) mass is 128 g/mol. The van der Waals surface area contributed by atoms with Crippen molar-refractivity contribution in [2.45, 2.75) is 18.9 Å². The Morgan fingerprint density at radius 2 is 2.33 bits per heavy atom. The molecule has 4 N–H and O–H groups in total. The zero-order valence-corrected chi connectivity index (χ0v) is 5.34. The summed E-state index contributed by atoms with van der Waals surface area (Å²) >= 11 is 0. The van der Waals surface area contributed by atoms with Crippen molar-refractivity contribution in [1.29, 1.82) is 0 Å². The molecule has 0 saturated heterocycles. The van der Waals surface area contributed by atoms with Crippen molar-refractivity contribution in [3.05, 3.63) is 12.7 Å². The van der Waals surface area contributed by atoms with Crippen LogP contribution in [0.2, 0.25) is 0 Å². The first-order valence-electron chi connectivity index (χ1n) is 2.81. The van der Waals surface area contributed by atoms with Gasteiger partial charge in [-0.3, -0.25) is 4.79 Å². The Hall–Kier alpha value is -0.830. The van der Waals surface area contributed by atoms with Gasteiger partial charge in [0.25, 0.3) is 0 Å². The van der Waals surface area contributed by atoms with Crippen LogP contribution in [0.4, 0.5) is 0 Å². The molecule has 0 saturated carbocycles. The lowest BCUT2D eigenvalue weighted by molar-refractivity contribution is -0.118. The third kappa shape index (κ3) is 5.03. The zero-order chi connectivity index (χ0) is 7.28. The molecule has 52 valence electrons. The summed E-state index contributed by atoms with van der Waals surface area (Å²) in [5.41, 5.74) is 10.3. The molecule has 0 aliphatic heterocycles. The molecular formula is C6H12N2O. The van der Waals surface area contributed by atoms with Gasteiger partial charge >= 0.3 is 0 Å². The van der Waals surface area contributed by atoms with Gasteiger partial charge in [-0.2, -0.15) is 0 Å². The Bertz CT molecular complexity index is 112. The van der Waals surface area contributed by atoms with Crippen molar-refractivity contribution in [2.75, 3.05) is 0 Å². The Morgan fingerprint density at radius 1 is 1.78 bits per heavy atom. The van der Waals surface area contributed by atoms with Crippen molar-refractivity contribution in [2.24, 2.45) is 11.5 Å². The number of nitrogens with two attached hydrogens (primary N) is 2. The maximum absolute atomic E-state index is 10.2. The average molecular weight is 128 g/mol. The molecule has 0 fully saturated rings. The van der Waals surface area contributed by atoms with Gasteiger partial charge in [0, 0.05) is 12.5 Å². The SMILES string of the molecule is C=CCC(N)CC(N)=O. The van der Waals surface area contributed by atoms with E-state index in [1.165, 1.54) is 0 Å². The van der Waals surface area contributed by atoms with Gasteiger partial charge in [0.2, 0.25) is 5.91 Å². The molecule has 1 amide bonds. The minimum Gasteiger partial charge on any atom is -0.370 e. The predicted octanol–water partition coefficient (Wildman–Crippen LogP) is -0.235. The summed E-state index contributed by atoms with van der Waals surface area (Å²) in [6, 6.07) is -0.153. The van der Waals surface area contributed by atoms with Crippen LogP contribution in [-0.2, 0) is 4.79 Å². The Balaban J connectivity index is 3.37. The first-order valence-corrected chi connectivity index (χ1v) is 2.81. The molecule has 1 atom stereocenters. The lowest BCUT2D eigenvalue weighted by Gasteiger charge is -2.03. The lowest BCUT2D eigenvalue weighted by Crippen LogP contribution is -2.26. The van der Waals surface area contributed by atoms with E-state index in [1.54, 1.807) is 6.08 Å². The molecule has 3 heteroatoms. The molecule has 0 aromatic heterocycles. The number of carbonyl (C=O) groups is 1. The second-order valence-electron chi connectivity index (χ2n) is 1.95. The summed E-state index contributed by atoms with van der Waals surface area (Å²) in [6.45, 7) is 3.48. The topological polar surface area (TPSA) is 69.1 Å². The van der Waals surface area contributed by atoms with Crippen LogP contribution in [0.25, 0.3) is 0 Å². The minimum atomic E-state index is -0.357. The molecule has 0 aromatic carbocycles. The maximum Gasteiger partial charge on any atom is 0.218 e. The van der Waals surface area contributed by atoms with Gasteiger partial charge in [-0.15, -0.1) is 6.58 Å².